The summed E-state index contributed by atoms with van der Waals surface area (Å²) in [6.45, 7) is 14.3. The molecule has 32 heavy (non-hydrogen) atoms. The van der Waals surface area contributed by atoms with Crippen molar-refractivity contribution in [1.82, 2.24) is 0 Å². The molecule has 3 rings (SSSR count). The smallest absolute Gasteiger partial charge is 0.0578 e. The molecular formula is C30H57NO. The van der Waals surface area contributed by atoms with Gasteiger partial charge in [-0.05, 0) is 111 Å². The Kier molecular flexibility index (Phi) is 9.99. The minimum Gasteiger partial charge on any atom is -0.378 e. The molecule has 6 unspecified atom stereocenters. The lowest BCUT2D eigenvalue weighted by atomic mass is 9.53. The number of ether oxygens (including phenoxy) is 1. The average Bonchev–Trinajstić information content (AvgIpc) is 3.14. The van der Waals surface area contributed by atoms with Gasteiger partial charge in [-0.1, -0.05) is 66.7 Å². The van der Waals surface area contributed by atoms with Crippen LogP contribution in [-0.4, -0.2) is 19.3 Å². The Morgan fingerprint density at radius 2 is 1.75 bits per heavy atom. The third kappa shape index (κ3) is 6.53. The van der Waals surface area contributed by atoms with Crippen LogP contribution in [0, 0.1) is 40.4 Å². The highest BCUT2D eigenvalue weighted by Crippen LogP contribution is 2.57. The molecule has 2 N–H and O–H groups in total. The van der Waals surface area contributed by atoms with Crippen LogP contribution in [0.3, 0.4) is 0 Å². The summed E-state index contributed by atoms with van der Waals surface area (Å²) in [4.78, 5) is 0. The van der Waals surface area contributed by atoms with Gasteiger partial charge in [0.1, 0.15) is 0 Å². The molecule has 2 nitrogen and oxygen atoms in total. The van der Waals surface area contributed by atoms with Crippen LogP contribution in [0.5, 0.6) is 0 Å². The number of hydrogen-bond acceptors (Lipinski definition) is 2. The van der Waals surface area contributed by atoms with Crippen LogP contribution < -0.4 is 5.73 Å². The van der Waals surface area contributed by atoms with Gasteiger partial charge in [-0.15, -0.1) is 0 Å². The Morgan fingerprint density at radius 3 is 2.50 bits per heavy atom. The van der Waals surface area contributed by atoms with Crippen molar-refractivity contribution in [1.29, 1.82) is 0 Å². The maximum atomic E-state index is 6.22. The second-order valence-electron chi connectivity index (χ2n) is 13.2. The van der Waals surface area contributed by atoms with E-state index in [4.69, 9.17) is 10.5 Å². The van der Waals surface area contributed by atoms with Crippen LogP contribution in [-0.2, 0) is 4.74 Å². The fourth-order valence-electron chi connectivity index (χ4n) is 8.36. The average molecular weight is 448 g/mol. The van der Waals surface area contributed by atoms with Crippen molar-refractivity contribution in [3.63, 3.8) is 0 Å². The molecule has 3 saturated carbocycles. The lowest BCUT2D eigenvalue weighted by Gasteiger charge is -2.53. The first-order valence-corrected chi connectivity index (χ1v) is 14.6. The van der Waals surface area contributed by atoms with E-state index in [1.807, 2.05) is 0 Å². The predicted molar refractivity (Wildman–Crippen MR) is 139 cm³/mol. The van der Waals surface area contributed by atoms with Crippen LogP contribution in [0.25, 0.3) is 0 Å². The summed E-state index contributed by atoms with van der Waals surface area (Å²) in [7, 11) is 0. The van der Waals surface area contributed by atoms with E-state index in [1.54, 1.807) is 0 Å². The zero-order valence-corrected chi connectivity index (χ0v) is 22.5. The maximum absolute atomic E-state index is 6.22. The Labute approximate surface area is 201 Å². The third-order valence-electron chi connectivity index (χ3n) is 10.6. The van der Waals surface area contributed by atoms with Crippen molar-refractivity contribution in [2.24, 2.45) is 46.2 Å². The largest absolute Gasteiger partial charge is 0.378 e. The molecule has 0 spiro atoms. The molecule has 0 amide bonds. The van der Waals surface area contributed by atoms with E-state index >= 15 is 0 Å². The first-order chi connectivity index (χ1) is 15.3. The highest BCUT2D eigenvalue weighted by molar-refractivity contribution is 4.99. The van der Waals surface area contributed by atoms with Gasteiger partial charge in [0, 0.05) is 6.61 Å². The zero-order chi connectivity index (χ0) is 23.2. The molecule has 0 saturated heterocycles. The molecule has 2 heteroatoms. The van der Waals surface area contributed by atoms with Gasteiger partial charge < -0.3 is 10.5 Å². The van der Waals surface area contributed by atoms with E-state index in [2.05, 4.69) is 34.6 Å². The summed E-state index contributed by atoms with van der Waals surface area (Å²) in [5.74, 6) is 4.57. The van der Waals surface area contributed by atoms with Crippen molar-refractivity contribution in [2.45, 2.75) is 137 Å². The minimum atomic E-state index is 0.502. The fraction of sp³-hybridized carbons (Fsp3) is 1.00. The van der Waals surface area contributed by atoms with Crippen LogP contribution >= 0.6 is 0 Å². The number of nitrogens with two attached hydrogens (primary N) is 1. The minimum absolute atomic E-state index is 0.502. The first-order valence-electron chi connectivity index (χ1n) is 14.6. The van der Waals surface area contributed by atoms with Gasteiger partial charge in [0.2, 0.25) is 0 Å². The van der Waals surface area contributed by atoms with Gasteiger partial charge in [0.05, 0.1) is 6.10 Å². The summed E-state index contributed by atoms with van der Waals surface area (Å²) in [6, 6.07) is 0. The zero-order valence-electron chi connectivity index (χ0n) is 22.5. The number of hydrogen-bond donors (Lipinski definition) is 1. The van der Waals surface area contributed by atoms with Gasteiger partial charge in [-0.2, -0.15) is 0 Å². The fourth-order valence-corrected chi connectivity index (χ4v) is 8.36. The molecule has 0 heterocycles. The van der Waals surface area contributed by atoms with E-state index in [9.17, 15) is 0 Å². The molecule has 3 aliphatic rings. The summed E-state index contributed by atoms with van der Waals surface area (Å²) < 4.78 is 6.22. The van der Waals surface area contributed by atoms with E-state index in [1.165, 1.54) is 89.9 Å². The molecule has 3 fully saturated rings. The molecule has 3 aliphatic carbocycles. The Bertz CT molecular complexity index is 547. The molecule has 188 valence electrons. The molecule has 0 aromatic rings. The van der Waals surface area contributed by atoms with E-state index in [0.717, 1.165) is 49.2 Å². The number of fused-ring (bicyclic) bond motifs is 1. The molecule has 0 radical (unpaired) electrons. The van der Waals surface area contributed by atoms with Gasteiger partial charge in [-0.3, -0.25) is 0 Å². The summed E-state index contributed by atoms with van der Waals surface area (Å²) in [5.41, 5.74) is 6.84. The first kappa shape index (κ1) is 26.5. The summed E-state index contributed by atoms with van der Waals surface area (Å²) >= 11 is 0. The molecular weight excluding hydrogens is 390 g/mol. The Morgan fingerprint density at radius 1 is 0.938 bits per heavy atom. The van der Waals surface area contributed by atoms with Gasteiger partial charge in [0.15, 0.2) is 0 Å². The van der Waals surface area contributed by atoms with Crippen LogP contribution in [0.1, 0.15) is 131 Å². The van der Waals surface area contributed by atoms with Gasteiger partial charge >= 0.3 is 0 Å². The Hall–Kier alpha value is -0.0800. The second kappa shape index (κ2) is 12.1. The highest BCUT2D eigenvalue weighted by atomic mass is 16.5. The quantitative estimate of drug-likeness (QED) is 0.305. The standard InChI is InChI=1S/C30H57NO/c1-23(2)10-6-11-24(3)28-14-8-17-29(28,4)18-15-25-12-7-13-26-22-27(32-21-9-20-31)16-19-30(25,26)5/h23-28H,6-22,31H2,1-5H3/t24-,25?,26?,27?,28?,29?,30?/m1/s1. The lowest BCUT2D eigenvalue weighted by molar-refractivity contribution is -0.0770. The van der Waals surface area contributed by atoms with Crippen LogP contribution in [0.15, 0.2) is 0 Å². The van der Waals surface area contributed by atoms with E-state index < -0.39 is 0 Å². The Balaban J connectivity index is 1.53. The molecule has 0 aromatic heterocycles. The van der Waals surface area contributed by atoms with Crippen molar-refractivity contribution in [3.05, 3.63) is 0 Å². The monoisotopic (exact) mass is 447 g/mol. The summed E-state index contributed by atoms with van der Waals surface area (Å²) in [5, 5.41) is 0. The molecule has 0 bridgehead atoms. The van der Waals surface area contributed by atoms with E-state index in [0.29, 0.717) is 16.9 Å². The molecule has 0 aromatic carbocycles. The topological polar surface area (TPSA) is 35.2 Å². The van der Waals surface area contributed by atoms with Crippen LogP contribution in [0.2, 0.25) is 0 Å². The van der Waals surface area contributed by atoms with Crippen molar-refractivity contribution in [3.8, 4) is 0 Å². The molecule has 0 aliphatic heterocycles. The normalized spacial score (nSPS) is 38.7. The molecule has 7 atom stereocenters. The van der Waals surface area contributed by atoms with Crippen molar-refractivity contribution >= 4 is 0 Å². The van der Waals surface area contributed by atoms with Gasteiger partial charge in [-0.25, -0.2) is 0 Å². The summed E-state index contributed by atoms with van der Waals surface area (Å²) in [6.07, 6.45) is 21.6. The third-order valence-corrected chi connectivity index (χ3v) is 10.6. The lowest BCUT2D eigenvalue weighted by Crippen LogP contribution is -2.45. The van der Waals surface area contributed by atoms with Crippen molar-refractivity contribution in [2.75, 3.05) is 13.2 Å². The van der Waals surface area contributed by atoms with Crippen molar-refractivity contribution < 1.29 is 4.74 Å². The second-order valence-corrected chi connectivity index (χ2v) is 13.2. The van der Waals surface area contributed by atoms with E-state index in [-0.39, 0.29) is 0 Å². The number of rotatable bonds is 12. The van der Waals surface area contributed by atoms with Crippen LogP contribution in [0.4, 0.5) is 0 Å². The SMILES string of the molecule is CC(C)CCC[C@@H](C)C1CCCC1(C)CCC1CCCC2CC(OCCCN)CCC12C. The van der Waals surface area contributed by atoms with Gasteiger partial charge in [0.25, 0.3) is 0 Å². The maximum Gasteiger partial charge on any atom is 0.0578 e. The predicted octanol–water partition coefficient (Wildman–Crippen LogP) is 8.38. The highest BCUT2D eigenvalue weighted by Gasteiger charge is 2.48.